The van der Waals surface area contributed by atoms with Gasteiger partial charge < -0.3 is 14.4 Å². The van der Waals surface area contributed by atoms with Crippen molar-refractivity contribution in [2.24, 2.45) is 0 Å². The van der Waals surface area contributed by atoms with Gasteiger partial charge in [0.05, 0.1) is 11.5 Å². The largest absolute Gasteiger partial charge is 0.482 e. The summed E-state index contributed by atoms with van der Waals surface area (Å²) in [6.07, 6.45) is 3.67. The molecule has 0 radical (unpaired) electrons. The summed E-state index contributed by atoms with van der Waals surface area (Å²) >= 11 is 0. The molecule has 7 nitrogen and oxygen atoms in total. The number of carbonyl (C=O) groups is 2. The van der Waals surface area contributed by atoms with Crippen LogP contribution < -0.4 is 4.74 Å². The van der Waals surface area contributed by atoms with Crippen molar-refractivity contribution in [1.29, 1.82) is 0 Å². The maximum absolute atomic E-state index is 12.3. The van der Waals surface area contributed by atoms with Gasteiger partial charge in [-0.05, 0) is 55.9 Å². The Balaban J connectivity index is 1.44. The van der Waals surface area contributed by atoms with Crippen molar-refractivity contribution in [1.82, 2.24) is 4.90 Å². The lowest BCUT2D eigenvalue weighted by molar-refractivity contribution is -0.154. The highest BCUT2D eigenvalue weighted by Crippen LogP contribution is 2.26. The molecule has 1 unspecified atom stereocenters. The van der Waals surface area contributed by atoms with Crippen LogP contribution in [0.1, 0.15) is 30.9 Å². The fourth-order valence-corrected chi connectivity index (χ4v) is 5.44. The van der Waals surface area contributed by atoms with Crippen LogP contribution in [0.15, 0.2) is 18.2 Å². The van der Waals surface area contributed by atoms with Crippen molar-refractivity contribution in [2.75, 3.05) is 31.3 Å². The molecule has 0 saturated carbocycles. The highest BCUT2D eigenvalue weighted by atomic mass is 32.2. The molecule has 0 bridgehead atoms. The van der Waals surface area contributed by atoms with Crippen molar-refractivity contribution >= 4 is 21.7 Å². The van der Waals surface area contributed by atoms with Crippen molar-refractivity contribution in [3.8, 4) is 5.75 Å². The highest BCUT2D eigenvalue weighted by Gasteiger charge is 2.34. The minimum absolute atomic E-state index is 0.0258. The standard InChI is InChI=1S/C19H25NO6S/c1-2-20(16-8-9-27(23,24)13-16)18(21)11-26-19(22)12-25-17-7-6-14-4-3-5-15(14)10-17/h6-7,10,16H,2-5,8-9,11-13H2,1H3. The minimum Gasteiger partial charge on any atom is -0.482 e. The molecule has 1 amide bonds. The van der Waals surface area contributed by atoms with E-state index >= 15 is 0 Å². The van der Waals surface area contributed by atoms with Crippen LogP contribution in [0.5, 0.6) is 5.75 Å². The van der Waals surface area contributed by atoms with Crippen LogP contribution >= 0.6 is 0 Å². The van der Waals surface area contributed by atoms with Crippen LogP contribution in [0.4, 0.5) is 0 Å². The lowest BCUT2D eigenvalue weighted by Crippen LogP contribution is -2.43. The lowest BCUT2D eigenvalue weighted by Gasteiger charge is -2.26. The first-order chi connectivity index (χ1) is 12.9. The predicted molar refractivity (Wildman–Crippen MR) is 99.4 cm³/mol. The van der Waals surface area contributed by atoms with E-state index in [1.165, 1.54) is 16.0 Å². The van der Waals surface area contributed by atoms with Gasteiger partial charge in [0, 0.05) is 12.6 Å². The molecule has 1 heterocycles. The number of nitrogens with zero attached hydrogens (tertiary/aromatic N) is 1. The number of benzene rings is 1. The van der Waals surface area contributed by atoms with Gasteiger partial charge in [0.25, 0.3) is 5.91 Å². The zero-order valence-electron chi connectivity index (χ0n) is 15.5. The molecular weight excluding hydrogens is 370 g/mol. The number of esters is 1. The summed E-state index contributed by atoms with van der Waals surface area (Å²) < 4.78 is 33.7. The molecule has 1 atom stereocenters. The number of rotatable bonds is 7. The van der Waals surface area contributed by atoms with E-state index in [2.05, 4.69) is 0 Å². The number of amides is 1. The summed E-state index contributed by atoms with van der Waals surface area (Å²) in [4.78, 5) is 25.6. The number of hydrogen-bond acceptors (Lipinski definition) is 6. The molecule has 0 aromatic heterocycles. The minimum atomic E-state index is -3.08. The summed E-state index contributed by atoms with van der Waals surface area (Å²) in [7, 11) is -3.08. The molecule has 148 valence electrons. The summed E-state index contributed by atoms with van der Waals surface area (Å²) in [6.45, 7) is 1.48. The number of hydrogen-bond donors (Lipinski definition) is 0. The average Bonchev–Trinajstić information content (AvgIpc) is 3.24. The van der Waals surface area contributed by atoms with E-state index in [1.54, 1.807) is 6.92 Å². The zero-order chi connectivity index (χ0) is 19.4. The van der Waals surface area contributed by atoms with Crippen LogP contribution in [0.25, 0.3) is 0 Å². The van der Waals surface area contributed by atoms with E-state index in [9.17, 15) is 18.0 Å². The summed E-state index contributed by atoms with van der Waals surface area (Å²) in [5, 5.41) is 0. The van der Waals surface area contributed by atoms with Gasteiger partial charge in [-0.15, -0.1) is 0 Å². The van der Waals surface area contributed by atoms with Crippen LogP contribution in [0, 0.1) is 0 Å². The summed E-state index contributed by atoms with van der Waals surface area (Å²) in [5.41, 5.74) is 2.57. The Morgan fingerprint density at radius 1 is 1.19 bits per heavy atom. The van der Waals surface area contributed by atoms with Gasteiger partial charge in [0.1, 0.15) is 5.75 Å². The first kappa shape index (κ1) is 19.7. The van der Waals surface area contributed by atoms with Gasteiger partial charge >= 0.3 is 5.97 Å². The van der Waals surface area contributed by atoms with Crippen LogP contribution in [-0.4, -0.2) is 62.5 Å². The molecule has 27 heavy (non-hydrogen) atoms. The number of sulfone groups is 1. The van der Waals surface area contributed by atoms with Crippen LogP contribution in [0.2, 0.25) is 0 Å². The molecule has 3 rings (SSSR count). The quantitative estimate of drug-likeness (QED) is 0.643. The normalized spacial score (nSPS) is 20.1. The van der Waals surface area contributed by atoms with Gasteiger partial charge in [-0.25, -0.2) is 13.2 Å². The second-order valence-corrected chi connectivity index (χ2v) is 9.20. The SMILES string of the molecule is CCN(C(=O)COC(=O)COc1ccc2c(c1)CCC2)C1CCS(=O)(=O)C1. The second-order valence-electron chi connectivity index (χ2n) is 6.97. The third-order valence-electron chi connectivity index (χ3n) is 5.09. The molecule has 1 saturated heterocycles. The van der Waals surface area contributed by atoms with Crippen molar-refractivity contribution in [3.05, 3.63) is 29.3 Å². The van der Waals surface area contributed by atoms with Crippen molar-refractivity contribution in [2.45, 2.75) is 38.6 Å². The topological polar surface area (TPSA) is 90.0 Å². The van der Waals surface area contributed by atoms with E-state index in [4.69, 9.17) is 9.47 Å². The Hall–Kier alpha value is -2.09. The molecule has 1 aliphatic heterocycles. The van der Waals surface area contributed by atoms with Gasteiger partial charge in [-0.1, -0.05) is 6.07 Å². The van der Waals surface area contributed by atoms with Gasteiger partial charge in [0.15, 0.2) is 23.1 Å². The molecule has 1 aromatic rings. The van der Waals surface area contributed by atoms with E-state index in [1.807, 2.05) is 18.2 Å². The highest BCUT2D eigenvalue weighted by molar-refractivity contribution is 7.91. The maximum Gasteiger partial charge on any atom is 0.344 e. The summed E-state index contributed by atoms with van der Waals surface area (Å²) in [5.74, 6) is -0.327. The number of ether oxygens (including phenoxy) is 2. The Morgan fingerprint density at radius 2 is 1.96 bits per heavy atom. The second kappa shape index (κ2) is 8.29. The first-order valence-electron chi connectivity index (χ1n) is 9.28. The van der Waals surface area contributed by atoms with Crippen molar-refractivity contribution < 1.29 is 27.5 Å². The smallest absolute Gasteiger partial charge is 0.344 e. The van der Waals surface area contributed by atoms with E-state index < -0.39 is 22.4 Å². The predicted octanol–water partition coefficient (Wildman–Crippen LogP) is 1.13. The van der Waals surface area contributed by atoms with E-state index in [-0.39, 0.29) is 30.1 Å². The average molecular weight is 395 g/mol. The Bertz CT molecular complexity index is 819. The van der Waals surface area contributed by atoms with Crippen LogP contribution in [0.3, 0.4) is 0 Å². The summed E-state index contributed by atoms with van der Waals surface area (Å²) in [6, 6.07) is 5.46. The Morgan fingerprint density at radius 3 is 2.67 bits per heavy atom. The van der Waals surface area contributed by atoms with Gasteiger partial charge in [0.2, 0.25) is 0 Å². The molecule has 0 spiro atoms. The molecule has 2 aliphatic rings. The van der Waals surface area contributed by atoms with Crippen LogP contribution in [-0.2, 0) is 37.0 Å². The fourth-order valence-electron chi connectivity index (χ4n) is 3.71. The number of fused-ring (bicyclic) bond motifs is 1. The molecule has 1 fully saturated rings. The van der Waals surface area contributed by atoms with E-state index in [0.29, 0.717) is 18.7 Å². The Labute approximate surface area is 159 Å². The molecule has 8 heteroatoms. The Kier molecular flexibility index (Phi) is 6.04. The molecule has 1 aliphatic carbocycles. The van der Waals surface area contributed by atoms with Crippen molar-refractivity contribution in [3.63, 3.8) is 0 Å². The van der Waals surface area contributed by atoms with Gasteiger partial charge in [-0.2, -0.15) is 0 Å². The monoisotopic (exact) mass is 395 g/mol. The van der Waals surface area contributed by atoms with E-state index in [0.717, 1.165) is 19.3 Å². The van der Waals surface area contributed by atoms with Gasteiger partial charge in [-0.3, -0.25) is 4.79 Å². The molecule has 0 N–H and O–H groups in total. The molecular formula is C19H25NO6S. The third kappa shape index (κ3) is 5.00. The molecule has 1 aromatic carbocycles. The zero-order valence-corrected chi connectivity index (χ0v) is 16.3. The number of carbonyl (C=O) groups excluding carboxylic acids is 2. The first-order valence-corrected chi connectivity index (χ1v) is 11.1. The lowest BCUT2D eigenvalue weighted by atomic mass is 10.1. The fraction of sp³-hybridized carbons (Fsp3) is 0.579. The number of aryl methyl sites for hydroxylation is 2. The maximum atomic E-state index is 12.3. The third-order valence-corrected chi connectivity index (χ3v) is 6.84. The number of likely N-dealkylation sites (N-methyl/N-ethyl adjacent to an activating group) is 1.